The summed E-state index contributed by atoms with van der Waals surface area (Å²) < 4.78 is 39.7. The van der Waals surface area contributed by atoms with Crippen LogP contribution in [0.1, 0.15) is 12.8 Å². The molecule has 0 radical (unpaired) electrons. The van der Waals surface area contributed by atoms with Gasteiger partial charge in [-0.3, -0.25) is 0 Å². The minimum Gasteiger partial charge on any atom is -0.367 e. The predicted molar refractivity (Wildman–Crippen MR) is 37.9 cm³/mol. The summed E-state index contributed by atoms with van der Waals surface area (Å²) in [5, 5.41) is 2.98. The van der Waals surface area contributed by atoms with Crippen molar-refractivity contribution in [3.05, 3.63) is 0 Å². The third kappa shape index (κ3) is 3.92. The molecule has 5 heteroatoms. The molecule has 12 heavy (non-hydrogen) atoms. The van der Waals surface area contributed by atoms with Gasteiger partial charge in [0.15, 0.2) is 0 Å². The van der Waals surface area contributed by atoms with Crippen LogP contribution in [0.3, 0.4) is 0 Å². The van der Waals surface area contributed by atoms with Gasteiger partial charge in [0.25, 0.3) is 0 Å². The van der Waals surface area contributed by atoms with Crippen LogP contribution in [0.4, 0.5) is 13.2 Å². The maximum atomic E-state index is 11.7. The molecule has 1 aliphatic heterocycles. The van der Waals surface area contributed by atoms with Crippen LogP contribution in [-0.4, -0.2) is 32.0 Å². The lowest BCUT2D eigenvalue weighted by atomic mass is 10.1. The largest absolute Gasteiger partial charge is 0.411 e. The van der Waals surface area contributed by atoms with Crippen LogP contribution in [0.15, 0.2) is 0 Å². The molecule has 0 aromatic heterocycles. The van der Waals surface area contributed by atoms with Gasteiger partial charge < -0.3 is 10.1 Å². The average molecular weight is 183 g/mol. The number of hydrogen-bond donors (Lipinski definition) is 1. The molecule has 0 bridgehead atoms. The summed E-state index contributed by atoms with van der Waals surface area (Å²) in [6.45, 7) is 0.293. The highest BCUT2D eigenvalue weighted by atomic mass is 19.4. The van der Waals surface area contributed by atoms with Crippen LogP contribution in [0.5, 0.6) is 0 Å². The molecule has 1 saturated heterocycles. The van der Waals surface area contributed by atoms with Crippen LogP contribution < -0.4 is 5.32 Å². The fourth-order valence-electron chi connectivity index (χ4n) is 1.17. The Morgan fingerprint density at radius 2 is 2.17 bits per heavy atom. The molecule has 1 fully saturated rings. The fourth-order valence-corrected chi connectivity index (χ4v) is 1.17. The summed E-state index contributed by atoms with van der Waals surface area (Å²) in [5.41, 5.74) is 0. The first-order valence-electron chi connectivity index (χ1n) is 3.97. The summed E-state index contributed by atoms with van der Waals surface area (Å²) >= 11 is 0. The van der Waals surface area contributed by atoms with Gasteiger partial charge in [-0.05, 0) is 19.4 Å². The highest BCUT2D eigenvalue weighted by Gasteiger charge is 2.29. The number of alkyl halides is 3. The minimum atomic E-state index is -4.20. The average Bonchev–Trinajstić information content (AvgIpc) is 2.02. The molecule has 0 aliphatic carbocycles. The van der Waals surface area contributed by atoms with Gasteiger partial charge in [0.05, 0.1) is 6.10 Å². The van der Waals surface area contributed by atoms with E-state index in [2.05, 4.69) is 10.1 Å². The van der Waals surface area contributed by atoms with E-state index in [1.165, 1.54) is 0 Å². The Morgan fingerprint density at radius 1 is 1.42 bits per heavy atom. The molecule has 1 heterocycles. The first kappa shape index (κ1) is 9.80. The molecule has 1 rings (SSSR count). The molecule has 0 amide bonds. The van der Waals surface area contributed by atoms with Crippen molar-refractivity contribution < 1.29 is 17.9 Å². The lowest BCUT2D eigenvalue weighted by molar-refractivity contribution is -0.186. The van der Waals surface area contributed by atoms with Crippen molar-refractivity contribution in [1.29, 1.82) is 0 Å². The van der Waals surface area contributed by atoms with E-state index < -0.39 is 12.8 Å². The third-order valence-electron chi connectivity index (χ3n) is 1.73. The van der Waals surface area contributed by atoms with Crippen molar-refractivity contribution in [3.63, 3.8) is 0 Å². The topological polar surface area (TPSA) is 21.3 Å². The second kappa shape index (κ2) is 4.09. The molecule has 1 atom stereocenters. The van der Waals surface area contributed by atoms with Crippen molar-refractivity contribution in [2.45, 2.75) is 25.1 Å². The summed E-state index contributed by atoms with van der Waals surface area (Å²) in [4.78, 5) is 0. The van der Waals surface area contributed by atoms with Crippen molar-refractivity contribution in [2.24, 2.45) is 0 Å². The van der Waals surface area contributed by atoms with Gasteiger partial charge in [-0.2, -0.15) is 13.2 Å². The van der Waals surface area contributed by atoms with Crippen LogP contribution >= 0.6 is 0 Å². The molecule has 72 valence electrons. The van der Waals surface area contributed by atoms with E-state index in [-0.39, 0.29) is 6.10 Å². The molecule has 1 aliphatic rings. The van der Waals surface area contributed by atoms with Gasteiger partial charge in [0, 0.05) is 6.54 Å². The van der Waals surface area contributed by atoms with E-state index >= 15 is 0 Å². The van der Waals surface area contributed by atoms with Gasteiger partial charge in [-0.25, -0.2) is 0 Å². The minimum absolute atomic E-state index is 0.264. The SMILES string of the molecule is FC(F)(F)CO[C@@H]1CCCNC1. The summed E-state index contributed by atoms with van der Waals surface area (Å²) in [7, 11) is 0. The van der Waals surface area contributed by atoms with Gasteiger partial charge in [-0.15, -0.1) is 0 Å². The number of rotatable bonds is 2. The number of piperidine rings is 1. The molecule has 2 nitrogen and oxygen atoms in total. The summed E-state index contributed by atoms with van der Waals surface area (Å²) in [5.74, 6) is 0. The van der Waals surface area contributed by atoms with E-state index in [0.717, 1.165) is 19.4 Å². The molecule has 0 unspecified atom stereocenters. The first-order valence-corrected chi connectivity index (χ1v) is 3.97. The summed E-state index contributed by atoms with van der Waals surface area (Å²) in [6.07, 6.45) is -2.84. The lowest BCUT2D eigenvalue weighted by Crippen LogP contribution is -2.37. The molecular weight excluding hydrogens is 171 g/mol. The number of ether oxygens (including phenoxy) is 1. The fraction of sp³-hybridized carbons (Fsp3) is 1.00. The van der Waals surface area contributed by atoms with E-state index in [0.29, 0.717) is 6.54 Å². The van der Waals surface area contributed by atoms with E-state index in [9.17, 15) is 13.2 Å². The van der Waals surface area contributed by atoms with Crippen LogP contribution in [0.25, 0.3) is 0 Å². The van der Waals surface area contributed by atoms with Crippen molar-refractivity contribution in [1.82, 2.24) is 5.32 Å². The maximum Gasteiger partial charge on any atom is 0.411 e. The zero-order chi connectivity index (χ0) is 9.03. The van der Waals surface area contributed by atoms with Crippen molar-refractivity contribution in [3.8, 4) is 0 Å². The predicted octanol–water partition coefficient (Wildman–Crippen LogP) is 1.32. The molecular formula is C7H12F3NO. The normalized spacial score (nSPS) is 25.8. The van der Waals surface area contributed by atoms with E-state index in [1.807, 2.05) is 0 Å². The quantitative estimate of drug-likeness (QED) is 0.697. The molecule has 0 saturated carbocycles. The Bertz CT molecular complexity index is 131. The Morgan fingerprint density at radius 3 is 2.67 bits per heavy atom. The highest BCUT2D eigenvalue weighted by molar-refractivity contribution is 4.69. The number of halogens is 3. The van der Waals surface area contributed by atoms with Crippen LogP contribution in [-0.2, 0) is 4.74 Å². The molecule has 0 aromatic rings. The van der Waals surface area contributed by atoms with Crippen LogP contribution in [0.2, 0.25) is 0 Å². The molecule has 1 N–H and O–H groups in total. The summed E-state index contributed by atoms with van der Waals surface area (Å²) in [6, 6.07) is 0. The Hall–Kier alpha value is -0.290. The van der Waals surface area contributed by atoms with Gasteiger partial charge in [0.2, 0.25) is 0 Å². The smallest absolute Gasteiger partial charge is 0.367 e. The van der Waals surface area contributed by atoms with E-state index in [1.54, 1.807) is 0 Å². The van der Waals surface area contributed by atoms with Gasteiger partial charge in [-0.1, -0.05) is 0 Å². The zero-order valence-electron chi connectivity index (χ0n) is 6.66. The number of nitrogens with one attached hydrogen (secondary N) is 1. The maximum absolute atomic E-state index is 11.7. The van der Waals surface area contributed by atoms with Gasteiger partial charge in [0.1, 0.15) is 6.61 Å². The Balaban J connectivity index is 2.13. The Labute approximate surface area is 69.1 Å². The first-order chi connectivity index (χ1) is 5.58. The van der Waals surface area contributed by atoms with E-state index in [4.69, 9.17) is 0 Å². The second-order valence-corrected chi connectivity index (χ2v) is 2.89. The third-order valence-corrected chi connectivity index (χ3v) is 1.73. The monoisotopic (exact) mass is 183 g/mol. The highest BCUT2D eigenvalue weighted by Crippen LogP contribution is 2.17. The lowest BCUT2D eigenvalue weighted by Gasteiger charge is -2.23. The molecule has 0 aromatic carbocycles. The van der Waals surface area contributed by atoms with Crippen LogP contribution in [0, 0.1) is 0 Å². The zero-order valence-corrected chi connectivity index (χ0v) is 6.66. The standard InChI is InChI=1S/C7H12F3NO/c8-7(9,10)5-12-6-2-1-3-11-4-6/h6,11H,1-5H2/t6-/m1/s1. The van der Waals surface area contributed by atoms with Crippen molar-refractivity contribution >= 4 is 0 Å². The number of hydrogen-bond acceptors (Lipinski definition) is 2. The van der Waals surface area contributed by atoms with Crippen molar-refractivity contribution in [2.75, 3.05) is 19.7 Å². The molecule has 0 spiro atoms. The van der Waals surface area contributed by atoms with Gasteiger partial charge >= 0.3 is 6.18 Å². The second-order valence-electron chi connectivity index (χ2n) is 2.89. The Kier molecular flexibility index (Phi) is 3.34.